The minimum absolute atomic E-state index is 0.139. The number of halogens is 2. The Bertz CT molecular complexity index is 936. The first-order chi connectivity index (χ1) is 13.8. The molecule has 0 radical (unpaired) electrons. The molecule has 0 saturated heterocycles. The maximum Gasteiger partial charge on any atom is 0.272 e. The van der Waals surface area contributed by atoms with Gasteiger partial charge in [-0.1, -0.05) is 0 Å². The van der Waals surface area contributed by atoms with Crippen LogP contribution in [0.25, 0.3) is 0 Å². The van der Waals surface area contributed by atoms with Crippen molar-refractivity contribution in [2.24, 2.45) is 0 Å². The van der Waals surface area contributed by atoms with Crippen molar-refractivity contribution in [3.8, 4) is 5.88 Å². The highest BCUT2D eigenvalue weighted by Crippen LogP contribution is 2.33. The van der Waals surface area contributed by atoms with Crippen molar-refractivity contribution < 1.29 is 23.1 Å². The van der Waals surface area contributed by atoms with Gasteiger partial charge in [0, 0.05) is 42.2 Å². The van der Waals surface area contributed by atoms with Gasteiger partial charge in [-0.05, 0) is 38.5 Å². The molecule has 29 heavy (non-hydrogen) atoms. The minimum atomic E-state index is -2.58. The van der Waals surface area contributed by atoms with Gasteiger partial charge in [0.25, 0.3) is 18.2 Å². The average Bonchev–Trinajstić information content (AvgIpc) is 3.03. The van der Waals surface area contributed by atoms with E-state index in [2.05, 4.69) is 15.3 Å². The van der Waals surface area contributed by atoms with Crippen molar-refractivity contribution in [1.29, 1.82) is 0 Å². The van der Waals surface area contributed by atoms with Crippen LogP contribution in [0.1, 0.15) is 57.4 Å². The summed E-state index contributed by atoms with van der Waals surface area (Å²) in [6.45, 7) is 5.35. The van der Waals surface area contributed by atoms with Crippen molar-refractivity contribution in [3.05, 3.63) is 52.5 Å². The van der Waals surface area contributed by atoms with Crippen molar-refractivity contribution in [3.63, 3.8) is 0 Å². The smallest absolute Gasteiger partial charge is 0.272 e. The molecule has 1 atom stereocenters. The second-order valence-electron chi connectivity index (χ2n) is 6.75. The number of hydrogen-bond donors (Lipinski definition) is 1. The molecule has 9 heteroatoms. The molecule has 2 aromatic rings. The predicted molar refractivity (Wildman–Crippen MR) is 101 cm³/mol. The molecule has 0 bridgehead atoms. The fourth-order valence-corrected chi connectivity index (χ4v) is 3.29. The Morgan fingerprint density at radius 1 is 1.38 bits per heavy atom. The number of carbonyl (C=O) groups is 2. The maximum absolute atomic E-state index is 12.9. The number of nitrogens with zero attached hydrogens (tertiary/aromatic N) is 3. The third-order valence-corrected chi connectivity index (χ3v) is 4.78. The van der Waals surface area contributed by atoms with Crippen molar-refractivity contribution in [2.75, 3.05) is 13.2 Å². The van der Waals surface area contributed by atoms with Crippen LogP contribution in [0.2, 0.25) is 0 Å². The first kappa shape index (κ1) is 20.6. The summed E-state index contributed by atoms with van der Waals surface area (Å²) in [6.07, 6.45) is 0.386. The molecule has 154 valence electrons. The van der Waals surface area contributed by atoms with Crippen molar-refractivity contribution in [2.45, 2.75) is 39.8 Å². The summed E-state index contributed by atoms with van der Waals surface area (Å²) in [7, 11) is 0. The maximum atomic E-state index is 12.9. The molecule has 3 heterocycles. The van der Waals surface area contributed by atoms with Gasteiger partial charge in [-0.15, -0.1) is 0 Å². The Kier molecular flexibility index (Phi) is 6.05. The van der Waals surface area contributed by atoms with E-state index in [9.17, 15) is 18.4 Å². The predicted octanol–water partition coefficient (Wildman–Crippen LogP) is 2.90. The Balaban J connectivity index is 1.82. The lowest BCUT2D eigenvalue weighted by Crippen LogP contribution is -2.28. The van der Waals surface area contributed by atoms with Gasteiger partial charge in [-0.3, -0.25) is 14.6 Å². The summed E-state index contributed by atoms with van der Waals surface area (Å²) in [4.78, 5) is 35.1. The molecule has 0 aromatic carbocycles. The van der Waals surface area contributed by atoms with Gasteiger partial charge < -0.3 is 15.0 Å². The number of ether oxygens (including phenoxy) is 1. The zero-order valence-electron chi connectivity index (χ0n) is 16.4. The molecule has 0 fully saturated rings. The lowest BCUT2D eigenvalue weighted by atomic mass is 10.1. The molecular weight excluding hydrogens is 382 g/mol. The van der Waals surface area contributed by atoms with Gasteiger partial charge in [0.15, 0.2) is 6.61 Å². The van der Waals surface area contributed by atoms with Crippen LogP contribution in [-0.2, 0) is 6.54 Å². The number of nitrogens with one attached hydrogen (secondary N) is 1. The lowest BCUT2D eigenvalue weighted by molar-refractivity contribution is 0.0712. The number of aryl methyl sites for hydroxylation is 1. The number of pyridine rings is 2. The standard InChI is InChI=1S/C20H22F2N4O3/c1-4-23-18(27)17-15-9-26(20(28)14(15)5-6-24-17)12(3)13-7-11(2)19(25-8-13)29-10-16(21)22/h5-8,12,16H,4,9-10H2,1-3H3,(H,23,27). The van der Waals surface area contributed by atoms with Crippen LogP contribution in [0, 0.1) is 6.92 Å². The fourth-order valence-electron chi connectivity index (χ4n) is 3.29. The summed E-state index contributed by atoms with van der Waals surface area (Å²) in [5.74, 6) is -0.374. The number of hydrogen-bond acceptors (Lipinski definition) is 5. The quantitative estimate of drug-likeness (QED) is 0.767. The third kappa shape index (κ3) is 4.18. The van der Waals surface area contributed by atoms with Crippen LogP contribution < -0.4 is 10.1 Å². The van der Waals surface area contributed by atoms with E-state index in [0.717, 1.165) is 5.56 Å². The van der Waals surface area contributed by atoms with Crippen molar-refractivity contribution in [1.82, 2.24) is 20.2 Å². The summed E-state index contributed by atoms with van der Waals surface area (Å²) in [5, 5.41) is 2.71. The molecule has 1 aliphatic heterocycles. The van der Waals surface area contributed by atoms with Gasteiger partial charge in [-0.2, -0.15) is 0 Å². The minimum Gasteiger partial charge on any atom is -0.471 e. The Hall–Kier alpha value is -3.10. The van der Waals surface area contributed by atoms with E-state index >= 15 is 0 Å². The Labute approximate surface area is 167 Å². The van der Waals surface area contributed by atoms with E-state index in [0.29, 0.717) is 23.2 Å². The van der Waals surface area contributed by atoms with E-state index in [4.69, 9.17) is 4.74 Å². The van der Waals surface area contributed by atoms with Crippen LogP contribution in [0.15, 0.2) is 24.5 Å². The van der Waals surface area contributed by atoms with Gasteiger partial charge >= 0.3 is 0 Å². The number of amides is 2. The van der Waals surface area contributed by atoms with Crippen LogP contribution in [0.3, 0.4) is 0 Å². The Morgan fingerprint density at radius 2 is 2.14 bits per heavy atom. The highest BCUT2D eigenvalue weighted by Gasteiger charge is 2.35. The summed E-state index contributed by atoms with van der Waals surface area (Å²) >= 11 is 0. The number of aromatic nitrogens is 2. The van der Waals surface area contributed by atoms with Crippen molar-refractivity contribution >= 4 is 11.8 Å². The normalized spacial score (nSPS) is 14.1. The molecule has 2 amide bonds. The SMILES string of the molecule is CCNC(=O)c1nccc2c1CN(C(C)c1cnc(OCC(F)F)c(C)c1)C2=O. The zero-order chi connectivity index (χ0) is 21.1. The van der Waals surface area contributed by atoms with E-state index in [1.165, 1.54) is 12.4 Å². The molecule has 7 nitrogen and oxygen atoms in total. The molecule has 1 N–H and O–H groups in total. The van der Waals surface area contributed by atoms with Gasteiger partial charge in [0.05, 0.1) is 6.04 Å². The lowest BCUT2D eigenvalue weighted by Gasteiger charge is -2.25. The van der Waals surface area contributed by atoms with E-state index < -0.39 is 13.0 Å². The average molecular weight is 404 g/mol. The van der Waals surface area contributed by atoms with Crippen LogP contribution in [-0.4, -0.2) is 46.3 Å². The topological polar surface area (TPSA) is 84.4 Å². The zero-order valence-corrected chi connectivity index (χ0v) is 16.4. The van der Waals surface area contributed by atoms with Gasteiger partial charge in [0.2, 0.25) is 5.88 Å². The van der Waals surface area contributed by atoms with Crippen LogP contribution in [0.5, 0.6) is 5.88 Å². The summed E-state index contributed by atoms with van der Waals surface area (Å²) in [6, 6.07) is 3.03. The highest BCUT2D eigenvalue weighted by atomic mass is 19.3. The van der Waals surface area contributed by atoms with E-state index in [-0.39, 0.29) is 36.0 Å². The molecule has 3 rings (SSSR count). The molecule has 1 unspecified atom stereocenters. The van der Waals surface area contributed by atoms with Crippen LogP contribution in [0.4, 0.5) is 8.78 Å². The molecule has 0 aliphatic carbocycles. The molecule has 1 aliphatic rings. The molecule has 2 aromatic heterocycles. The van der Waals surface area contributed by atoms with E-state index in [1.54, 1.807) is 24.0 Å². The van der Waals surface area contributed by atoms with Gasteiger partial charge in [-0.25, -0.2) is 13.8 Å². The second kappa shape index (κ2) is 8.50. The summed E-state index contributed by atoms with van der Waals surface area (Å²) in [5.41, 5.74) is 2.63. The summed E-state index contributed by atoms with van der Waals surface area (Å²) < 4.78 is 29.7. The monoisotopic (exact) mass is 404 g/mol. The third-order valence-electron chi connectivity index (χ3n) is 4.78. The fraction of sp³-hybridized carbons (Fsp3) is 0.400. The van der Waals surface area contributed by atoms with E-state index in [1.807, 2.05) is 13.8 Å². The highest BCUT2D eigenvalue weighted by molar-refractivity contribution is 6.03. The van der Waals surface area contributed by atoms with Gasteiger partial charge in [0.1, 0.15) is 5.69 Å². The number of alkyl halides is 2. The molecule has 0 saturated carbocycles. The first-order valence-corrected chi connectivity index (χ1v) is 9.28. The second-order valence-corrected chi connectivity index (χ2v) is 6.75. The van der Waals surface area contributed by atoms with Crippen LogP contribution >= 0.6 is 0 Å². The molecule has 0 spiro atoms. The number of rotatable bonds is 7. The first-order valence-electron chi connectivity index (χ1n) is 9.28. The largest absolute Gasteiger partial charge is 0.471 e. The number of fused-ring (bicyclic) bond motifs is 1. The Morgan fingerprint density at radius 3 is 2.79 bits per heavy atom. The number of carbonyl (C=O) groups excluding carboxylic acids is 2. The molecular formula is C20H22F2N4O3.